The third kappa shape index (κ3) is 20.0. The van der Waals surface area contributed by atoms with Gasteiger partial charge in [-0.05, 0) is 260 Å². The molecule has 1 fully saturated rings. The van der Waals surface area contributed by atoms with Crippen molar-refractivity contribution in [2.75, 3.05) is 50.7 Å². The zero-order valence-corrected chi connectivity index (χ0v) is 81.4. The molecule has 0 spiro atoms. The maximum atomic E-state index is 13.0. The van der Waals surface area contributed by atoms with Crippen molar-refractivity contribution >= 4 is 78.0 Å². The van der Waals surface area contributed by atoms with Crippen LogP contribution in [0, 0.1) is 74.2 Å². The van der Waals surface area contributed by atoms with Gasteiger partial charge in [-0.1, -0.05) is 30.1 Å². The molecule has 34 heteroatoms. The monoisotopic (exact) mass is 1880 g/mol. The Kier molecular flexibility index (Phi) is 25.4. The second-order valence-electron chi connectivity index (χ2n) is 37.7. The average molecular weight is 1880 g/mol. The van der Waals surface area contributed by atoms with Crippen LogP contribution < -0.4 is 60.1 Å². The van der Waals surface area contributed by atoms with Gasteiger partial charge in [0.15, 0.2) is 0 Å². The van der Waals surface area contributed by atoms with Crippen molar-refractivity contribution in [2.24, 2.45) is 18.5 Å². The third-order valence-electron chi connectivity index (χ3n) is 25.2. The van der Waals surface area contributed by atoms with E-state index in [-0.39, 0.29) is 45.4 Å². The van der Waals surface area contributed by atoms with Gasteiger partial charge in [0.2, 0.25) is 0 Å². The van der Waals surface area contributed by atoms with Crippen molar-refractivity contribution in [3.63, 3.8) is 0 Å². The first-order valence-corrected chi connectivity index (χ1v) is 47.0. The molecule has 1 aromatic carbocycles. The van der Waals surface area contributed by atoms with E-state index in [0.717, 1.165) is 176 Å². The molecule has 19 aromatic heterocycles. The van der Waals surface area contributed by atoms with Gasteiger partial charge in [0, 0.05) is 152 Å². The topological polar surface area (TPSA) is 389 Å². The zero-order valence-electron chi connectivity index (χ0n) is 81.4. The summed E-state index contributed by atoms with van der Waals surface area (Å²) in [6.45, 7) is 34.1. The van der Waals surface area contributed by atoms with Gasteiger partial charge in [0.25, 0.3) is 27.8 Å². The molecule has 23 rings (SSSR count). The van der Waals surface area contributed by atoms with E-state index < -0.39 is 0 Å². The molecule has 0 bridgehead atoms. The lowest BCUT2D eigenvalue weighted by atomic mass is 9.81. The largest absolute Gasteiger partial charge is 0.368 e. The zero-order chi connectivity index (χ0) is 98.7. The lowest BCUT2D eigenvalue weighted by Crippen LogP contribution is -2.53. The highest BCUT2D eigenvalue weighted by Crippen LogP contribution is 2.36. The van der Waals surface area contributed by atoms with Crippen molar-refractivity contribution in [2.45, 2.75) is 140 Å². The Morgan fingerprint density at radius 3 is 1.45 bits per heavy atom. The summed E-state index contributed by atoms with van der Waals surface area (Å²) in [6.07, 6.45) is 28.8. The van der Waals surface area contributed by atoms with Crippen LogP contribution in [0.4, 0.5) is 5.69 Å². The van der Waals surface area contributed by atoms with E-state index >= 15 is 0 Å². The van der Waals surface area contributed by atoms with Crippen LogP contribution in [0.25, 0.3) is 129 Å². The molecule has 22 heterocycles. The predicted octanol–water partition coefficient (Wildman–Crippen LogP) is 12.6. The molecule has 34 nitrogen and oxygen atoms in total. The molecular formula is C107H109N29O5. The number of nitrogens with zero attached hydrogens (tertiary/aromatic N) is 24. The normalized spacial score (nSPS) is 14.6. The maximum absolute atomic E-state index is 13.0. The van der Waals surface area contributed by atoms with E-state index in [9.17, 15) is 24.0 Å². The van der Waals surface area contributed by atoms with Gasteiger partial charge in [-0.2, -0.15) is 20.4 Å². The van der Waals surface area contributed by atoms with Gasteiger partial charge < -0.3 is 36.7 Å². The highest BCUT2D eigenvalue weighted by molar-refractivity contribution is 5.87. The van der Waals surface area contributed by atoms with Gasteiger partial charge in [0.05, 0.1) is 132 Å². The minimum absolute atomic E-state index is 0.0237. The molecule has 1 saturated heterocycles. The Morgan fingerprint density at radius 2 is 0.929 bits per heavy atom. The fourth-order valence-corrected chi connectivity index (χ4v) is 19.0. The van der Waals surface area contributed by atoms with Gasteiger partial charge >= 0.3 is 0 Å². The number of nitrogens with one attached hydrogen (secondary N) is 3. The lowest BCUT2D eigenvalue weighted by Gasteiger charge is -2.41. The molecule has 0 aliphatic carbocycles. The van der Waals surface area contributed by atoms with Crippen molar-refractivity contribution in [1.29, 1.82) is 0 Å². The van der Waals surface area contributed by atoms with E-state index in [0.29, 0.717) is 91.9 Å². The first kappa shape index (κ1) is 93.7. The highest BCUT2D eigenvalue weighted by atomic mass is 16.1. The number of rotatable bonds is 11. The summed E-state index contributed by atoms with van der Waals surface area (Å²) >= 11 is 0. The van der Waals surface area contributed by atoms with E-state index in [1.807, 2.05) is 213 Å². The molecule has 7 N–H and O–H groups in total. The fourth-order valence-electron chi connectivity index (χ4n) is 19.0. The number of nitrogens with two attached hydrogens (primary N) is 2. The van der Waals surface area contributed by atoms with Gasteiger partial charge in [-0.25, -0.2) is 38.5 Å². The van der Waals surface area contributed by atoms with Gasteiger partial charge in [0.1, 0.15) is 45.3 Å². The second kappa shape index (κ2) is 38.2. The molecule has 3 aliphatic rings. The number of hydrogen-bond acceptors (Lipinski definition) is 24. The maximum Gasteiger partial charge on any atom is 0.258 e. The minimum atomic E-state index is -0.190. The van der Waals surface area contributed by atoms with Crippen molar-refractivity contribution in [1.82, 2.24) is 126 Å². The number of hydrogen-bond donors (Lipinski definition) is 5. The van der Waals surface area contributed by atoms with Crippen molar-refractivity contribution in [3.05, 3.63) is 333 Å². The van der Waals surface area contributed by atoms with Crippen LogP contribution in [0.2, 0.25) is 0 Å². The molecule has 0 unspecified atom stereocenters. The van der Waals surface area contributed by atoms with Crippen LogP contribution in [0.3, 0.4) is 0 Å². The molecule has 3 aliphatic heterocycles. The first-order chi connectivity index (χ1) is 67.6. The number of piperazine rings is 1. The summed E-state index contributed by atoms with van der Waals surface area (Å²) in [7, 11) is 1.91. The Balaban J connectivity index is 0.000000112. The number of aromatic nitrogens is 23. The van der Waals surface area contributed by atoms with Crippen LogP contribution in [-0.4, -0.2) is 173 Å². The Bertz CT molecular complexity index is 8880. The Morgan fingerprint density at radius 1 is 0.447 bits per heavy atom. The molecule has 1 atom stereocenters. The standard InChI is InChI=1S/C25H28N6O.C22H24N6O.C22H21N5O.C19H20N6O.C19H16N6O/c1-15-13-31-21(16(2)26-15)9-20(28-31)19-10-23(32)30-14-17(7-8-22(30)27-19)18-11-24(3,4)29-25(5,6)12-18;1-14-8-16(9-17-12-26(3)25-22(14)17)19-10-21(29)28-13-18(4-5-20(28)24-19)27-7-6-23-15(2)11-27;1-14-11-26-12-18(9-20(26)15(2)24-14)19-10-22(28)27-13-17(3-4-21(27)25-19)16-5-7-23-8-6-16;2*1-12-10-25-17(13(2)21-12)8-16(23-25)15-9-19(26)24-11-14(4-3-7-20)5-6-18(24)22-15/h7-11,13-14,29H,12H2,1-6H3;4-5,8-10,12-13,15,23H,6-7,11H2,1-3H3;3-5,9-13,23H,6-8H2,1-2H3;5-6,8-11H,3-4,7,20H2,1-2H3;5-6,8-11H,7,20H2,1-2H3/t;15-;;;/m.1.../s1. The molecule has 712 valence electrons. The van der Waals surface area contributed by atoms with Crippen LogP contribution in [0.15, 0.2) is 232 Å². The summed E-state index contributed by atoms with van der Waals surface area (Å²) < 4.78 is 17.1. The molecule has 0 saturated carbocycles. The first-order valence-electron chi connectivity index (χ1n) is 47.0. The Labute approximate surface area is 809 Å². The average Bonchev–Trinajstić information content (AvgIpc) is 1.76. The second-order valence-corrected chi connectivity index (χ2v) is 37.7. The van der Waals surface area contributed by atoms with Crippen molar-refractivity contribution < 1.29 is 0 Å². The smallest absolute Gasteiger partial charge is 0.258 e. The lowest BCUT2D eigenvalue weighted by molar-refractivity contribution is 0.297. The van der Waals surface area contributed by atoms with Gasteiger partial charge in [-0.15, -0.1) is 0 Å². The van der Waals surface area contributed by atoms with Crippen molar-refractivity contribution in [3.8, 4) is 68.5 Å². The fraction of sp³-hybridized carbons (Fsp3) is 0.271. The number of anilines is 1. The molecule has 0 amide bonds. The summed E-state index contributed by atoms with van der Waals surface area (Å²) in [6, 6.07) is 39.4. The minimum Gasteiger partial charge on any atom is -0.368 e. The van der Waals surface area contributed by atoms with Crippen LogP contribution in [-0.2, 0) is 13.5 Å². The molecular weight excluding hydrogens is 1770 g/mol. The number of aryl methyl sites for hydroxylation is 11. The summed E-state index contributed by atoms with van der Waals surface area (Å²) in [5.74, 6) is 5.69. The summed E-state index contributed by atoms with van der Waals surface area (Å²) in [4.78, 5) is 108. The van der Waals surface area contributed by atoms with E-state index in [1.54, 1.807) is 61.6 Å². The molecule has 141 heavy (non-hydrogen) atoms. The highest BCUT2D eigenvalue weighted by Gasteiger charge is 2.33. The summed E-state index contributed by atoms with van der Waals surface area (Å²) in [5.41, 5.74) is 40.6. The predicted molar refractivity (Wildman–Crippen MR) is 552 cm³/mol. The van der Waals surface area contributed by atoms with Crippen LogP contribution >= 0.6 is 0 Å². The quantitative estimate of drug-likeness (QED) is 0.0751. The SMILES string of the molecule is Cc1cc(-c2cc(=O)n3cc(N4CCN[C@H](C)C4)ccc3n2)cc2cn(C)nc12.Cc1cn2cc(-c3cc(=O)n4cc(C5=CCNCC5)ccc4n3)cc2c(C)n1.Cc1cn2nc(-c3cc(=O)n4cc(C#CCN)ccc4n3)cc2c(C)n1.Cc1cn2nc(-c3cc(=O)n4cc(C5=CC(C)(C)NC(C)(C)C5)ccc4n3)cc2c(C)n1.Cc1cn2nc(-c3cc(=O)n4cc(CCCN)ccc4n3)cc2c(C)n1. The molecule has 0 radical (unpaired) electrons. The number of fused-ring (bicyclic) bond motifs is 10. The Hall–Kier alpha value is -16.3. The van der Waals surface area contributed by atoms with Crippen LogP contribution in [0.5, 0.6) is 0 Å². The third-order valence-corrected chi connectivity index (χ3v) is 25.2. The molecule has 20 aromatic rings. The van der Waals surface area contributed by atoms with E-state index in [2.05, 4.69) is 148 Å². The summed E-state index contributed by atoms with van der Waals surface area (Å²) in [5, 5.41) is 29.7. The van der Waals surface area contributed by atoms with Gasteiger partial charge in [-0.3, -0.25) is 70.6 Å². The van der Waals surface area contributed by atoms with E-state index in [4.69, 9.17) is 26.4 Å². The van der Waals surface area contributed by atoms with E-state index in [1.165, 1.54) is 27.7 Å². The van der Waals surface area contributed by atoms with Crippen LogP contribution in [0.1, 0.15) is 127 Å². The number of benzene rings is 1. The number of pyridine rings is 5.